The number of thiocarbonyl (C=S) groups is 1. The monoisotopic (exact) mass is 492 g/mol. The molecule has 160 valence electrons. The summed E-state index contributed by atoms with van der Waals surface area (Å²) in [5.74, 6) is 0.915. The lowest BCUT2D eigenvalue weighted by Gasteiger charge is -2.15. The molecule has 0 saturated carbocycles. The van der Waals surface area contributed by atoms with Gasteiger partial charge in [0.25, 0.3) is 5.91 Å². The van der Waals surface area contributed by atoms with Crippen LogP contribution in [0.25, 0.3) is 0 Å². The van der Waals surface area contributed by atoms with Gasteiger partial charge in [0.05, 0.1) is 17.8 Å². The Morgan fingerprint density at radius 1 is 1.27 bits per heavy atom. The van der Waals surface area contributed by atoms with Crippen molar-refractivity contribution >= 4 is 44.9 Å². The minimum Gasteiger partial charge on any atom is -0.491 e. The Hall–Kier alpha value is -2.16. The summed E-state index contributed by atoms with van der Waals surface area (Å²) < 4.78 is 17.8. The van der Waals surface area contributed by atoms with Crippen molar-refractivity contribution in [1.29, 1.82) is 0 Å². The molecule has 1 heterocycles. The van der Waals surface area contributed by atoms with Crippen LogP contribution < -0.4 is 20.1 Å². The number of carbonyl (C=O) groups excluding carboxylic acids is 1. The maximum absolute atomic E-state index is 12.7. The van der Waals surface area contributed by atoms with Gasteiger partial charge in [0, 0.05) is 16.8 Å². The van der Waals surface area contributed by atoms with E-state index in [1.807, 2.05) is 44.2 Å². The fraction of sp³-hybridized carbons (Fsp3) is 0.364. The maximum atomic E-state index is 12.7. The molecule has 8 heteroatoms. The van der Waals surface area contributed by atoms with Crippen LogP contribution in [0, 0.1) is 0 Å². The number of benzene rings is 2. The molecule has 2 N–H and O–H groups in total. The van der Waals surface area contributed by atoms with E-state index in [1.165, 1.54) is 0 Å². The van der Waals surface area contributed by atoms with Gasteiger partial charge < -0.3 is 19.5 Å². The molecule has 0 aromatic heterocycles. The lowest BCUT2D eigenvalue weighted by molar-refractivity contribution is 0.0679. The SMILES string of the molecule is CC(C)Oc1ccc(Br)cc1C(=O)NC(=S)Nc1ccc(OCC2CCCO2)cc1. The standard InChI is InChI=1S/C22H25BrN2O4S/c1-14(2)29-20-10-5-15(23)12-19(20)21(26)25-22(30)24-16-6-8-17(9-7-16)28-13-18-4-3-11-27-18/h5-10,12,14,18H,3-4,11,13H2,1-2H3,(H2,24,25,26,30). The highest BCUT2D eigenvalue weighted by atomic mass is 79.9. The van der Waals surface area contributed by atoms with Crippen molar-refractivity contribution in [2.24, 2.45) is 0 Å². The van der Waals surface area contributed by atoms with Crippen molar-refractivity contribution in [3.8, 4) is 11.5 Å². The van der Waals surface area contributed by atoms with Crippen LogP contribution >= 0.6 is 28.1 Å². The minimum atomic E-state index is -0.346. The molecule has 30 heavy (non-hydrogen) atoms. The van der Waals surface area contributed by atoms with Crippen LogP contribution in [-0.2, 0) is 4.74 Å². The fourth-order valence-electron chi connectivity index (χ4n) is 2.97. The second-order valence-electron chi connectivity index (χ2n) is 7.19. The Kier molecular flexibility index (Phi) is 8.07. The van der Waals surface area contributed by atoms with Crippen molar-refractivity contribution in [3.05, 3.63) is 52.5 Å². The van der Waals surface area contributed by atoms with E-state index in [9.17, 15) is 4.79 Å². The zero-order valence-corrected chi connectivity index (χ0v) is 19.3. The van der Waals surface area contributed by atoms with Gasteiger partial charge in [-0.25, -0.2) is 0 Å². The maximum Gasteiger partial charge on any atom is 0.261 e. The normalized spacial score (nSPS) is 15.7. The Morgan fingerprint density at radius 2 is 2.03 bits per heavy atom. The molecule has 1 fully saturated rings. The summed E-state index contributed by atoms with van der Waals surface area (Å²) in [6, 6.07) is 12.7. The Labute approximate surface area is 190 Å². The summed E-state index contributed by atoms with van der Waals surface area (Å²) in [4.78, 5) is 12.7. The largest absolute Gasteiger partial charge is 0.491 e. The summed E-state index contributed by atoms with van der Waals surface area (Å²) in [7, 11) is 0. The molecule has 0 bridgehead atoms. The predicted octanol–water partition coefficient (Wildman–Crippen LogP) is 4.92. The molecule has 2 aromatic rings. The van der Waals surface area contributed by atoms with Crippen molar-refractivity contribution in [1.82, 2.24) is 5.32 Å². The molecule has 1 unspecified atom stereocenters. The molecule has 1 aliphatic heterocycles. The highest BCUT2D eigenvalue weighted by Crippen LogP contribution is 2.24. The first kappa shape index (κ1) is 22.5. The zero-order chi connectivity index (χ0) is 21.5. The van der Waals surface area contributed by atoms with Gasteiger partial charge in [-0.05, 0) is 81.4 Å². The minimum absolute atomic E-state index is 0.0521. The summed E-state index contributed by atoms with van der Waals surface area (Å²) in [5, 5.41) is 5.90. The van der Waals surface area contributed by atoms with E-state index in [0.29, 0.717) is 17.9 Å². The second-order valence-corrected chi connectivity index (χ2v) is 8.51. The first-order valence-corrected chi connectivity index (χ1v) is 11.0. The van der Waals surface area contributed by atoms with Crippen LogP contribution in [-0.4, -0.2) is 36.4 Å². The summed E-state index contributed by atoms with van der Waals surface area (Å²) in [6.45, 7) is 5.17. The topological polar surface area (TPSA) is 68.8 Å². The Bertz CT molecular complexity index is 883. The van der Waals surface area contributed by atoms with E-state index >= 15 is 0 Å². The summed E-state index contributed by atoms with van der Waals surface area (Å²) in [5.41, 5.74) is 1.15. The number of rotatable bonds is 7. The molecule has 0 aliphatic carbocycles. The van der Waals surface area contributed by atoms with Crippen LogP contribution in [0.4, 0.5) is 5.69 Å². The molecule has 3 rings (SSSR count). The van der Waals surface area contributed by atoms with Gasteiger partial charge >= 0.3 is 0 Å². The fourth-order valence-corrected chi connectivity index (χ4v) is 3.54. The first-order valence-electron chi connectivity index (χ1n) is 9.83. The number of hydrogen-bond acceptors (Lipinski definition) is 5. The highest BCUT2D eigenvalue weighted by molar-refractivity contribution is 9.10. The van der Waals surface area contributed by atoms with Gasteiger partial charge in [0.15, 0.2) is 5.11 Å². The number of hydrogen-bond donors (Lipinski definition) is 2. The summed E-state index contributed by atoms with van der Waals surface area (Å²) >= 11 is 8.68. The van der Waals surface area contributed by atoms with Crippen LogP contribution in [0.5, 0.6) is 11.5 Å². The number of halogens is 1. The average Bonchev–Trinajstić information content (AvgIpc) is 3.22. The molecular weight excluding hydrogens is 468 g/mol. The van der Waals surface area contributed by atoms with E-state index in [0.717, 1.165) is 35.4 Å². The number of ether oxygens (including phenoxy) is 3. The van der Waals surface area contributed by atoms with Crippen LogP contribution in [0.1, 0.15) is 37.0 Å². The zero-order valence-electron chi connectivity index (χ0n) is 16.9. The third kappa shape index (κ3) is 6.68. The third-order valence-electron chi connectivity index (χ3n) is 4.35. The van der Waals surface area contributed by atoms with Gasteiger partial charge in [0.1, 0.15) is 18.1 Å². The highest BCUT2D eigenvalue weighted by Gasteiger charge is 2.17. The van der Waals surface area contributed by atoms with E-state index in [1.54, 1.807) is 12.1 Å². The van der Waals surface area contributed by atoms with Crippen molar-refractivity contribution in [2.45, 2.75) is 38.9 Å². The van der Waals surface area contributed by atoms with Crippen molar-refractivity contribution in [3.63, 3.8) is 0 Å². The molecule has 1 amide bonds. The van der Waals surface area contributed by atoms with E-state index in [-0.39, 0.29) is 23.2 Å². The number of carbonyl (C=O) groups is 1. The van der Waals surface area contributed by atoms with Gasteiger partial charge in [-0.3, -0.25) is 10.1 Å². The van der Waals surface area contributed by atoms with Gasteiger partial charge in [-0.1, -0.05) is 15.9 Å². The second kappa shape index (κ2) is 10.7. The van der Waals surface area contributed by atoms with Crippen LogP contribution in [0.2, 0.25) is 0 Å². The quantitative estimate of drug-likeness (QED) is 0.534. The van der Waals surface area contributed by atoms with E-state index in [4.69, 9.17) is 26.4 Å². The number of nitrogens with one attached hydrogen (secondary N) is 2. The van der Waals surface area contributed by atoms with Crippen LogP contribution in [0.15, 0.2) is 46.9 Å². The van der Waals surface area contributed by atoms with E-state index in [2.05, 4.69) is 26.6 Å². The molecule has 0 radical (unpaired) electrons. The molecule has 1 atom stereocenters. The van der Waals surface area contributed by atoms with Crippen molar-refractivity contribution in [2.75, 3.05) is 18.5 Å². The number of anilines is 1. The molecule has 1 aliphatic rings. The lowest BCUT2D eigenvalue weighted by atomic mass is 10.2. The summed E-state index contributed by atoms with van der Waals surface area (Å²) in [6.07, 6.45) is 2.25. The lowest BCUT2D eigenvalue weighted by Crippen LogP contribution is -2.34. The molecule has 1 saturated heterocycles. The Balaban J connectivity index is 1.55. The predicted molar refractivity (Wildman–Crippen MR) is 125 cm³/mol. The van der Waals surface area contributed by atoms with E-state index < -0.39 is 0 Å². The molecule has 2 aromatic carbocycles. The first-order chi connectivity index (χ1) is 14.4. The van der Waals surface area contributed by atoms with Crippen molar-refractivity contribution < 1.29 is 19.0 Å². The molecular formula is C22H25BrN2O4S. The van der Waals surface area contributed by atoms with Crippen LogP contribution in [0.3, 0.4) is 0 Å². The van der Waals surface area contributed by atoms with Gasteiger partial charge in [0.2, 0.25) is 0 Å². The third-order valence-corrected chi connectivity index (χ3v) is 5.05. The smallest absolute Gasteiger partial charge is 0.261 e. The molecule has 6 nitrogen and oxygen atoms in total. The van der Waals surface area contributed by atoms with Gasteiger partial charge in [-0.15, -0.1) is 0 Å². The Morgan fingerprint density at radius 3 is 2.70 bits per heavy atom. The molecule has 0 spiro atoms. The number of amides is 1. The average molecular weight is 493 g/mol. The van der Waals surface area contributed by atoms with Gasteiger partial charge in [-0.2, -0.15) is 0 Å².